The molecule has 0 aliphatic heterocycles. The van der Waals surface area contributed by atoms with Crippen molar-refractivity contribution in [2.24, 2.45) is 5.92 Å². The number of hydrogen-bond acceptors (Lipinski definition) is 3. The monoisotopic (exact) mass is 254 g/mol. The third-order valence-corrected chi connectivity index (χ3v) is 4.00. The van der Waals surface area contributed by atoms with E-state index in [1.807, 2.05) is 7.05 Å². The highest BCUT2D eigenvalue weighted by Gasteiger charge is 2.32. The second kappa shape index (κ2) is 5.59. The van der Waals surface area contributed by atoms with E-state index in [4.69, 9.17) is 4.74 Å². The average Bonchev–Trinajstić information content (AvgIpc) is 3.21. The highest BCUT2D eigenvalue weighted by molar-refractivity contribution is 5.75. The van der Waals surface area contributed by atoms with Gasteiger partial charge in [0, 0.05) is 19.1 Å². The van der Waals surface area contributed by atoms with E-state index < -0.39 is 0 Å². The van der Waals surface area contributed by atoms with E-state index in [2.05, 4.69) is 5.32 Å². The molecule has 2 rings (SSSR count). The van der Waals surface area contributed by atoms with Gasteiger partial charge < -0.3 is 15.0 Å². The van der Waals surface area contributed by atoms with Gasteiger partial charge in [0.05, 0.1) is 13.0 Å². The molecule has 5 nitrogen and oxygen atoms in total. The molecule has 0 aromatic heterocycles. The van der Waals surface area contributed by atoms with Crippen LogP contribution in [0.25, 0.3) is 0 Å². The van der Waals surface area contributed by atoms with E-state index in [-0.39, 0.29) is 24.0 Å². The van der Waals surface area contributed by atoms with Crippen LogP contribution in [0.15, 0.2) is 0 Å². The normalized spacial score (nSPS) is 27.4. The lowest BCUT2D eigenvalue weighted by molar-refractivity contribution is -0.146. The zero-order valence-electron chi connectivity index (χ0n) is 11.1. The minimum Gasteiger partial charge on any atom is -0.469 e. The quantitative estimate of drug-likeness (QED) is 0.777. The van der Waals surface area contributed by atoms with E-state index in [0.717, 1.165) is 38.5 Å². The molecule has 2 aliphatic rings. The van der Waals surface area contributed by atoms with Crippen molar-refractivity contribution in [1.29, 1.82) is 0 Å². The van der Waals surface area contributed by atoms with E-state index in [0.29, 0.717) is 6.04 Å². The van der Waals surface area contributed by atoms with Gasteiger partial charge in [-0.1, -0.05) is 0 Å². The Balaban J connectivity index is 1.77. The average molecular weight is 254 g/mol. The first-order chi connectivity index (χ1) is 8.61. The summed E-state index contributed by atoms with van der Waals surface area (Å²) < 4.78 is 4.76. The van der Waals surface area contributed by atoms with Gasteiger partial charge in [0.15, 0.2) is 0 Å². The van der Waals surface area contributed by atoms with Gasteiger partial charge in [0.1, 0.15) is 0 Å². The molecule has 2 saturated carbocycles. The summed E-state index contributed by atoms with van der Waals surface area (Å²) in [5.74, 6) is -0.0929. The first-order valence-corrected chi connectivity index (χ1v) is 6.73. The SMILES string of the molecule is COC(=O)C1CCC(N(C)C(=O)NC2CC2)CC1. The van der Waals surface area contributed by atoms with E-state index in [9.17, 15) is 9.59 Å². The predicted octanol–water partition coefficient (Wildman–Crippen LogP) is 1.52. The number of carbonyl (C=O) groups is 2. The molecule has 0 saturated heterocycles. The molecule has 2 aliphatic carbocycles. The van der Waals surface area contributed by atoms with Crippen molar-refractivity contribution in [3.8, 4) is 0 Å². The molecule has 102 valence electrons. The van der Waals surface area contributed by atoms with Crippen molar-refractivity contribution in [1.82, 2.24) is 10.2 Å². The molecule has 0 unspecified atom stereocenters. The maximum absolute atomic E-state index is 11.9. The Hall–Kier alpha value is -1.26. The molecule has 0 bridgehead atoms. The molecular weight excluding hydrogens is 232 g/mol. The molecule has 1 N–H and O–H groups in total. The number of urea groups is 1. The molecule has 0 radical (unpaired) electrons. The summed E-state index contributed by atoms with van der Waals surface area (Å²) in [5, 5.41) is 2.99. The van der Waals surface area contributed by atoms with Crippen molar-refractivity contribution in [3.63, 3.8) is 0 Å². The van der Waals surface area contributed by atoms with Crippen molar-refractivity contribution in [2.75, 3.05) is 14.2 Å². The van der Waals surface area contributed by atoms with Crippen molar-refractivity contribution < 1.29 is 14.3 Å². The van der Waals surface area contributed by atoms with Crippen LogP contribution in [-0.4, -0.2) is 43.1 Å². The lowest BCUT2D eigenvalue weighted by Gasteiger charge is -2.33. The van der Waals surface area contributed by atoms with Gasteiger partial charge in [0.25, 0.3) is 0 Å². The van der Waals surface area contributed by atoms with Crippen LogP contribution in [0.1, 0.15) is 38.5 Å². The van der Waals surface area contributed by atoms with Gasteiger partial charge in [-0.25, -0.2) is 4.79 Å². The van der Waals surface area contributed by atoms with Crippen LogP contribution >= 0.6 is 0 Å². The van der Waals surface area contributed by atoms with Gasteiger partial charge in [-0.15, -0.1) is 0 Å². The van der Waals surface area contributed by atoms with Crippen molar-refractivity contribution in [2.45, 2.75) is 50.6 Å². The molecule has 0 heterocycles. The Morgan fingerprint density at radius 1 is 1.11 bits per heavy atom. The molecule has 0 aromatic carbocycles. The van der Waals surface area contributed by atoms with Gasteiger partial charge in [-0.3, -0.25) is 4.79 Å². The van der Waals surface area contributed by atoms with Crippen molar-refractivity contribution >= 4 is 12.0 Å². The number of amides is 2. The maximum Gasteiger partial charge on any atom is 0.317 e. The number of ether oxygens (including phenoxy) is 1. The Bertz CT molecular complexity index is 320. The first-order valence-electron chi connectivity index (χ1n) is 6.73. The largest absolute Gasteiger partial charge is 0.469 e. The summed E-state index contributed by atoms with van der Waals surface area (Å²) in [6.45, 7) is 0. The maximum atomic E-state index is 11.9. The standard InChI is InChI=1S/C13H22N2O3/c1-15(13(17)14-10-5-6-10)11-7-3-9(4-8-11)12(16)18-2/h9-11H,3-8H2,1-2H3,(H,14,17). The second-order valence-electron chi connectivity index (χ2n) is 5.36. The number of nitrogens with zero attached hydrogens (tertiary/aromatic N) is 1. The summed E-state index contributed by atoms with van der Waals surface area (Å²) in [5.41, 5.74) is 0. The smallest absolute Gasteiger partial charge is 0.317 e. The summed E-state index contributed by atoms with van der Waals surface area (Å²) in [4.78, 5) is 25.1. The number of carbonyl (C=O) groups excluding carboxylic acids is 2. The fourth-order valence-electron chi connectivity index (χ4n) is 2.54. The van der Waals surface area contributed by atoms with Crippen LogP contribution in [0.2, 0.25) is 0 Å². The summed E-state index contributed by atoms with van der Waals surface area (Å²) in [6, 6.07) is 0.676. The fraction of sp³-hybridized carbons (Fsp3) is 0.846. The number of nitrogens with one attached hydrogen (secondary N) is 1. The first kappa shape index (κ1) is 13.2. The predicted molar refractivity (Wildman–Crippen MR) is 67.1 cm³/mol. The van der Waals surface area contributed by atoms with Crippen LogP contribution in [0.3, 0.4) is 0 Å². The number of esters is 1. The molecule has 0 spiro atoms. The molecule has 0 aromatic rings. The van der Waals surface area contributed by atoms with E-state index >= 15 is 0 Å². The fourth-order valence-corrected chi connectivity index (χ4v) is 2.54. The highest BCUT2D eigenvalue weighted by Crippen LogP contribution is 2.28. The van der Waals surface area contributed by atoms with Gasteiger partial charge >= 0.3 is 12.0 Å². The zero-order valence-corrected chi connectivity index (χ0v) is 11.1. The third kappa shape index (κ3) is 3.15. The van der Waals surface area contributed by atoms with Crippen LogP contribution in [-0.2, 0) is 9.53 Å². The third-order valence-electron chi connectivity index (χ3n) is 4.00. The van der Waals surface area contributed by atoms with Crippen LogP contribution in [0.4, 0.5) is 4.79 Å². The van der Waals surface area contributed by atoms with Crippen LogP contribution in [0.5, 0.6) is 0 Å². The Morgan fingerprint density at radius 2 is 1.72 bits per heavy atom. The van der Waals surface area contributed by atoms with Crippen LogP contribution < -0.4 is 5.32 Å². The number of methoxy groups -OCH3 is 1. The van der Waals surface area contributed by atoms with Gasteiger partial charge in [-0.2, -0.15) is 0 Å². The second-order valence-corrected chi connectivity index (χ2v) is 5.36. The highest BCUT2D eigenvalue weighted by atomic mass is 16.5. The Labute approximate surface area is 108 Å². The molecule has 2 amide bonds. The Kier molecular flexibility index (Phi) is 4.09. The van der Waals surface area contributed by atoms with Crippen LogP contribution in [0, 0.1) is 5.92 Å². The summed E-state index contributed by atoms with van der Waals surface area (Å²) in [6.07, 6.45) is 5.61. The Morgan fingerprint density at radius 3 is 2.22 bits per heavy atom. The molecule has 0 atom stereocenters. The topological polar surface area (TPSA) is 58.6 Å². The van der Waals surface area contributed by atoms with Crippen molar-refractivity contribution in [3.05, 3.63) is 0 Å². The number of hydrogen-bond donors (Lipinski definition) is 1. The lowest BCUT2D eigenvalue weighted by atomic mass is 9.85. The summed E-state index contributed by atoms with van der Waals surface area (Å²) in [7, 11) is 3.28. The van der Waals surface area contributed by atoms with E-state index in [1.54, 1.807) is 4.90 Å². The molecular formula is C13H22N2O3. The minimum atomic E-state index is -0.112. The molecule has 18 heavy (non-hydrogen) atoms. The summed E-state index contributed by atoms with van der Waals surface area (Å²) >= 11 is 0. The molecule has 5 heteroatoms. The lowest BCUT2D eigenvalue weighted by Crippen LogP contribution is -2.46. The van der Waals surface area contributed by atoms with E-state index in [1.165, 1.54) is 7.11 Å². The number of rotatable bonds is 3. The van der Waals surface area contributed by atoms with Gasteiger partial charge in [-0.05, 0) is 38.5 Å². The zero-order chi connectivity index (χ0) is 13.1. The molecule has 2 fully saturated rings. The minimum absolute atomic E-state index is 0.0196. The van der Waals surface area contributed by atoms with Gasteiger partial charge in [0.2, 0.25) is 0 Å².